The predicted octanol–water partition coefficient (Wildman–Crippen LogP) is 5.13. The molecule has 0 bridgehead atoms. The van der Waals surface area contributed by atoms with Crippen LogP contribution in [0, 0.1) is 18.6 Å². The van der Waals surface area contributed by atoms with E-state index >= 15 is 0 Å². The average molecular weight is 400 g/mol. The van der Waals surface area contributed by atoms with Gasteiger partial charge in [-0.05, 0) is 35.6 Å². The van der Waals surface area contributed by atoms with E-state index in [-0.39, 0.29) is 30.7 Å². The quantitative estimate of drug-likeness (QED) is 0.448. The second-order valence-electron chi connectivity index (χ2n) is 7.57. The van der Waals surface area contributed by atoms with Gasteiger partial charge in [0.25, 0.3) is 0 Å². The third kappa shape index (κ3) is 2.85. The van der Waals surface area contributed by atoms with E-state index in [9.17, 15) is 17.6 Å². The molecule has 0 unspecified atom stereocenters. The molecule has 29 heavy (non-hydrogen) atoms. The Kier molecular flexibility index (Phi) is 3.88. The van der Waals surface area contributed by atoms with Gasteiger partial charge in [0.15, 0.2) is 17.3 Å². The van der Waals surface area contributed by atoms with Gasteiger partial charge >= 0.3 is 0 Å². The maximum atomic E-state index is 14.2. The van der Waals surface area contributed by atoms with Crippen molar-refractivity contribution in [1.82, 2.24) is 19.5 Å². The third-order valence-electron chi connectivity index (χ3n) is 5.56. The first kappa shape index (κ1) is 18.0. The SMILES string of the molecule is Cc1ccnc2c1nc(C1CC(F)(F)C1)n2Cc1cncc2c(F)c(F)ccc12. The molecule has 0 amide bonds. The Hall–Kier alpha value is -3.03. The highest BCUT2D eigenvalue weighted by Gasteiger charge is 2.48. The zero-order valence-electron chi connectivity index (χ0n) is 15.5. The van der Waals surface area contributed by atoms with Gasteiger partial charge in [-0.1, -0.05) is 6.07 Å². The van der Waals surface area contributed by atoms with Gasteiger partial charge in [-0.25, -0.2) is 27.5 Å². The summed E-state index contributed by atoms with van der Waals surface area (Å²) in [6.07, 6.45) is 3.97. The fourth-order valence-corrected chi connectivity index (χ4v) is 4.01. The van der Waals surface area contributed by atoms with Crippen LogP contribution in [-0.4, -0.2) is 25.4 Å². The molecule has 0 atom stereocenters. The number of fused-ring (bicyclic) bond motifs is 2. The number of benzene rings is 1. The number of imidazole rings is 1. The second-order valence-corrected chi connectivity index (χ2v) is 7.57. The number of halogens is 4. The number of hydrogen-bond acceptors (Lipinski definition) is 3. The molecule has 1 aliphatic carbocycles. The van der Waals surface area contributed by atoms with Crippen molar-refractivity contribution in [3.8, 4) is 0 Å². The highest BCUT2D eigenvalue weighted by atomic mass is 19.3. The molecule has 4 nitrogen and oxygen atoms in total. The van der Waals surface area contributed by atoms with E-state index in [0.717, 1.165) is 11.6 Å². The van der Waals surface area contributed by atoms with Crippen LogP contribution < -0.4 is 0 Å². The largest absolute Gasteiger partial charge is 0.308 e. The molecule has 0 radical (unpaired) electrons. The summed E-state index contributed by atoms with van der Waals surface area (Å²) in [6, 6.07) is 4.39. The Morgan fingerprint density at radius 2 is 1.90 bits per heavy atom. The van der Waals surface area contributed by atoms with Crippen molar-refractivity contribution in [2.75, 3.05) is 0 Å². The number of alkyl halides is 2. The Morgan fingerprint density at radius 3 is 2.66 bits per heavy atom. The minimum atomic E-state index is -2.68. The van der Waals surface area contributed by atoms with Crippen molar-refractivity contribution in [3.63, 3.8) is 0 Å². The zero-order valence-corrected chi connectivity index (χ0v) is 15.5. The van der Waals surface area contributed by atoms with Gasteiger partial charge in [0.05, 0.1) is 6.54 Å². The first-order chi connectivity index (χ1) is 13.8. The monoisotopic (exact) mass is 400 g/mol. The van der Waals surface area contributed by atoms with E-state index in [2.05, 4.69) is 15.0 Å². The van der Waals surface area contributed by atoms with Crippen LogP contribution in [0.15, 0.2) is 36.8 Å². The van der Waals surface area contributed by atoms with E-state index in [1.54, 1.807) is 17.0 Å². The Labute approximate surface area is 163 Å². The number of aromatic nitrogens is 4. The van der Waals surface area contributed by atoms with Crippen LogP contribution in [0.3, 0.4) is 0 Å². The molecule has 1 fully saturated rings. The minimum Gasteiger partial charge on any atom is -0.308 e. The van der Waals surface area contributed by atoms with Crippen LogP contribution in [0.4, 0.5) is 17.6 Å². The summed E-state index contributed by atoms with van der Waals surface area (Å²) in [5, 5.41) is 0.589. The summed E-state index contributed by atoms with van der Waals surface area (Å²) >= 11 is 0. The molecule has 1 aliphatic rings. The summed E-state index contributed by atoms with van der Waals surface area (Å²) in [4.78, 5) is 13.1. The summed E-state index contributed by atoms with van der Waals surface area (Å²) in [6.45, 7) is 2.11. The highest BCUT2D eigenvalue weighted by Crippen LogP contribution is 2.48. The Balaban J connectivity index is 1.67. The molecule has 4 aromatic rings. The van der Waals surface area contributed by atoms with Crippen molar-refractivity contribution in [3.05, 3.63) is 65.4 Å². The fourth-order valence-electron chi connectivity index (χ4n) is 4.01. The minimum absolute atomic E-state index is 0.0767. The van der Waals surface area contributed by atoms with Gasteiger partial charge in [-0.15, -0.1) is 0 Å². The molecule has 3 aromatic heterocycles. The fraction of sp³-hybridized carbons (Fsp3) is 0.286. The van der Waals surface area contributed by atoms with Crippen LogP contribution in [0.2, 0.25) is 0 Å². The van der Waals surface area contributed by atoms with E-state index in [0.29, 0.717) is 27.9 Å². The average Bonchev–Trinajstić information content (AvgIpc) is 3.03. The van der Waals surface area contributed by atoms with Crippen LogP contribution in [0.5, 0.6) is 0 Å². The molecule has 0 aliphatic heterocycles. The van der Waals surface area contributed by atoms with Gasteiger partial charge in [0, 0.05) is 42.7 Å². The van der Waals surface area contributed by atoms with E-state index in [1.165, 1.54) is 12.3 Å². The van der Waals surface area contributed by atoms with Gasteiger partial charge in [0.2, 0.25) is 5.92 Å². The molecule has 0 N–H and O–H groups in total. The number of rotatable bonds is 3. The van der Waals surface area contributed by atoms with Crippen molar-refractivity contribution < 1.29 is 17.6 Å². The molecule has 148 valence electrons. The number of hydrogen-bond donors (Lipinski definition) is 0. The van der Waals surface area contributed by atoms with Crippen LogP contribution in [-0.2, 0) is 6.54 Å². The Bertz CT molecular complexity index is 1260. The lowest BCUT2D eigenvalue weighted by atomic mass is 9.80. The first-order valence-electron chi connectivity index (χ1n) is 9.24. The van der Waals surface area contributed by atoms with E-state index < -0.39 is 17.6 Å². The van der Waals surface area contributed by atoms with Crippen molar-refractivity contribution in [2.45, 2.75) is 38.2 Å². The molecular formula is C21H16F4N4. The summed E-state index contributed by atoms with van der Waals surface area (Å²) in [7, 11) is 0. The van der Waals surface area contributed by atoms with Gasteiger partial charge in [0.1, 0.15) is 11.3 Å². The van der Waals surface area contributed by atoms with Gasteiger partial charge < -0.3 is 4.57 Å². The van der Waals surface area contributed by atoms with E-state index in [1.807, 2.05) is 13.0 Å². The van der Waals surface area contributed by atoms with Gasteiger partial charge in [-0.2, -0.15) is 0 Å². The molecule has 1 aromatic carbocycles. The smallest absolute Gasteiger partial charge is 0.249 e. The van der Waals surface area contributed by atoms with Gasteiger partial charge in [-0.3, -0.25) is 4.98 Å². The molecule has 1 saturated carbocycles. The summed E-state index contributed by atoms with van der Waals surface area (Å²) < 4.78 is 56.6. The number of pyridine rings is 2. The molecule has 0 spiro atoms. The van der Waals surface area contributed by atoms with Crippen LogP contribution in [0.25, 0.3) is 21.9 Å². The van der Waals surface area contributed by atoms with Crippen LogP contribution in [0.1, 0.15) is 35.7 Å². The van der Waals surface area contributed by atoms with Crippen LogP contribution >= 0.6 is 0 Å². The molecule has 0 saturated heterocycles. The number of aryl methyl sites for hydroxylation is 1. The first-order valence-corrected chi connectivity index (χ1v) is 9.24. The lowest BCUT2D eigenvalue weighted by Crippen LogP contribution is -2.35. The standard InChI is InChI=1S/C21H16F4N4/c1-11-4-5-27-20-18(11)28-19(12-6-21(24,25)7-12)29(20)10-13-8-26-9-15-14(13)2-3-16(22)17(15)23/h2-5,8-9,12H,6-7,10H2,1H3. The van der Waals surface area contributed by atoms with Crippen molar-refractivity contribution >= 4 is 21.9 Å². The lowest BCUT2D eigenvalue weighted by molar-refractivity contribution is -0.0889. The van der Waals surface area contributed by atoms with E-state index in [4.69, 9.17) is 0 Å². The maximum absolute atomic E-state index is 14.2. The lowest BCUT2D eigenvalue weighted by Gasteiger charge is -2.34. The normalized spacial score (nSPS) is 16.4. The second kappa shape index (κ2) is 6.23. The molecule has 5 rings (SSSR count). The molecule has 8 heteroatoms. The summed E-state index contributed by atoms with van der Waals surface area (Å²) in [5.74, 6) is -4.43. The third-order valence-corrected chi connectivity index (χ3v) is 5.56. The van der Waals surface area contributed by atoms with Crippen molar-refractivity contribution in [1.29, 1.82) is 0 Å². The highest BCUT2D eigenvalue weighted by molar-refractivity contribution is 5.85. The predicted molar refractivity (Wildman–Crippen MR) is 99.9 cm³/mol. The number of nitrogens with zero attached hydrogens (tertiary/aromatic N) is 4. The Morgan fingerprint density at radius 1 is 1.10 bits per heavy atom. The molecule has 3 heterocycles. The molecular weight excluding hydrogens is 384 g/mol. The van der Waals surface area contributed by atoms with Crippen molar-refractivity contribution in [2.24, 2.45) is 0 Å². The summed E-state index contributed by atoms with van der Waals surface area (Å²) in [5.41, 5.74) is 2.76. The topological polar surface area (TPSA) is 43.6 Å². The maximum Gasteiger partial charge on any atom is 0.249 e. The zero-order chi connectivity index (χ0) is 20.3.